The molecule has 4 rings (SSSR count). The molecule has 0 saturated carbocycles. The molecule has 2 amide bonds. The van der Waals surface area contributed by atoms with Crippen LogP contribution in [0.3, 0.4) is 0 Å². The van der Waals surface area contributed by atoms with Crippen LogP contribution < -0.4 is 10.2 Å². The number of para-hydroxylation sites is 1. The number of carbonyl (C=O) groups is 4. The van der Waals surface area contributed by atoms with Crippen molar-refractivity contribution in [3.8, 4) is 22.5 Å². The number of anilines is 1. The summed E-state index contributed by atoms with van der Waals surface area (Å²) < 4.78 is 62.8. The normalized spacial score (nSPS) is 12.1. The molecule has 0 bridgehead atoms. The van der Waals surface area contributed by atoms with Crippen LogP contribution in [0.15, 0.2) is 48.5 Å². The van der Waals surface area contributed by atoms with Crippen molar-refractivity contribution >= 4 is 29.1 Å². The number of ketones is 2. The summed E-state index contributed by atoms with van der Waals surface area (Å²) in [6.07, 6.45) is 3.73. The smallest absolute Gasteiger partial charge is 0.229 e. The van der Waals surface area contributed by atoms with Crippen molar-refractivity contribution < 1.29 is 71.3 Å². The molecule has 2 aromatic carbocycles. The number of benzene rings is 2. The molecule has 0 radical (unpaired) electrons. The van der Waals surface area contributed by atoms with E-state index in [-0.39, 0.29) is 42.8 Å². The number of hydrogen-bond donors (Lipinski definition) is 1. The zero-order valence-corrected chi connectivity index (χ0v) is 44.2. The van der Waals surface area contributed by atoms with Crippen molar-refractivity contribution in [2.75, 3.05) is 157 Å². The average Bonchev–Trinajstić information content (AvgIpc) is 3.80. The number of fused-ring (bicyclic) bond motifs is 5. The minimum absolute atomic E-state index is 0.110. The molecule has 0 fully saturated rings. The SMILES string of the molecule is COCCC(=O)NCCC(=O)N1Cc2ccccc2-c2nnn(CCOCCOCCOCCOCCOCCOCCOCCOCCOCCOCCCC(=O)CCCC(=O)CC(C)C)c2-c2ccccc21. The fourth-order valence-corrected chi connectivity index (χ4v) is 7.69. The molecule has 1 aromatic heterocycles. The van der Waals surface area contributed by atoms with Gasteiger partial charge in [0.25, 0.3) is 0 Å². The Morgan fingerprint density at radius 3 is 1.55 bits per heavy atom. The Morgan fingerprint density at radius 1 is 0.541 bits per heavy atom. The van der Waals surface area contributed by atoms with Crippen molar-refractivity contribution in [1.29, 1.82) is 0 Å². The maximum atomic E-state index is 13.8. The first kappa shape index (κ1) is 62.0. The molecule has 74 heavy (non-hydrogen) atoms. The van der Waals surface area contributed by atoms with Gasteiger partial charge in [-0.3, -0.25) is 19.2 Å². The largest absolute Gasteiger partial charge is 0.384 e. The molecule has 0 atom stereocenters. The molecule has 0 aliphatic carbocycles. The third kappa shape index (κ3) is 26.3. The zero-order valence-electron chi connectivity index (χ0n) is 44.2. The van der Waals surface area contributed by atoms with Gasteiger partial charge in [0.05, 0.1) is 157 Å². The van der Waals surface area contributed by atoms with Crippen LogP contribution in [0.5, 0.6) is 0 Å². The summed E-state index contributed by atoms with van der Waals surface area (Å²) in [7, 11) is 1.55. The number of nitrogens with one attached hydrogen (secondary N) is 1. The average molecular weight is 1040 g/mol. The van der Waals surface area contributed by atoms with Crippen LogP contribution in [-0.2, 0) is 84.4 Å². The lowest BCUT2D eigenvalue weighted by Crippen LogP contribution is -2.35. The van der Waals surface area contributed by atoms with Gasteiger partial charge in [-0.25, -0.2) is 4.68 Å². The van der Waals surface area contributed by atoms with Gasteiger partial charge in [-0.05, 0) is 30.4 Å². The summed E-state index contributed by atoms with van der Waals surface area (Å²) in [6.45, 7) is 14.5. The number of carbonyl (C=O) groups excluding carboxylic acids is 4. The number of nitrogens with zero attached hydrogens (tertiary/aromatic N) is 4. The molecule has 3 aromatic rings. The predicted octanol–water partition coefficient (Wildman–Crippen LogP) is 5.30. The molecule has 414 valence electrons. The first-order chi connectivity index (χ1) is 36.3. The van der Waals surface area contributed by atoms with Gasteiger partial charge < -0.3 is 62.3 Å². The highest BCUT2D eigenvalue weighted by molar-refractivity contribution is 6.00. The zero-order chi connectivity index (χ0) is 52.7. The molecular formula is C54H83N5O15. The highest BCUT2D eigenvalue weighted by Crippen LogP contribution is 2.41. The van der Waals surface area contributed by atoms with Gasteiger partial charge in [0.2, 0.25) is 11.8 Å². The molecular weight excluding hydrogens is 959 g/mol. The third-order valence-corrected chi connectivity index (χ3v) is 11.4. The van der Waals surface area contributed by atoms with E-state index in [9.17, 15) is 19.2 Å². The van der Waals surface area contributed by atoms with Crippen LogP contribution in [0.25, 0.3) is 22.5 Å². The maximum absolute atomic E-state index is 13.8. The van der Waals surface area contributed by atoms with Crippen LogP contribution in [-0.4, -0.2) is 191 Å². The van der Waals surface area contributed by atoms with Gasteiger partial charge in [-0.2, -0.15) is 0 Å². The molecule has 0 unspecified atom stereocenters. The van der Waals surface area contributed by atoms with Crippen molar-refractivity contribution in [2.24, 2.45) is 5.92 Å². The minimum atomic E-state index is -0.158. The molecule has 1 N–H and O–H groups in total. The van der Waals surface area contributed by atoms with Crippen LogP contribution in [0.4, 0.5) is 5.69 Å². The summed E-state index contributed by atoms with van der Waals surface area (Å²) in [4.78, 5) is 51.4. The van der Waals surface area contributed by atoms with Gasteiger partial charge in [-0.15, -0.1) is 5.10 Å². The van der Waals surface area contributed by atoms with Crippen LogP contribution in [0.2, 0.25) is 0 Å². The topological polar surface area (TPSA) is 216 Å². The Hall–Kier alpha value is -4.58. The number of rotatable bonds is 46. The monoisotopic (exact) mass is 1040 g/mol. The van der Waals surface area contributed by atoms with Gasteiger partial charge in [0, 0.05) is 69.9 Å². The molecule has 1 aliphatic rings. The lowest BCUT2D eigenvalue weighted by atomic mass is 9.95. The standard InChI is InChI=1S/C54H83N5O15/c1-44(2)42-47(61)12-8-11-46(60)13-9-21-65-24-26-67-28-30-69-32-34-71-36-38-73-40-41-74-39-37-72-35-33-70-31-29-68-27-25-66-23-20-59-54-49-15-6-7-16-50(49)58(52(63)17-19-55-51(62)18-22-64-3)43-45-10-4-5-14-48(45)53(54)56-57-59/h4-7,10,14-16,44H,8-9,11-13,17-43H2,1-3H3,(H,55,62). The van der Waals surface area contributed by atoms with E-state index in [1.165, 1.54) is 0 Å². The highest BCUT2D eigenvalue weighted by atomic mass is 16.6. The van der Waals surface area contributed by atoms with Crippen LogP contribution in [0.1, 0.15) is 70.8 Å². The maximum Gasteiger partial charge on any atom is 0.229 e. The van der Waals surface area contributed by atoms with E-state index >= 15 is 0 Å². The van der Waals surface area contributed by atoms with E-state index in [0.717, 1.165) is 33.8 Å². The van der Waals surface area contributed by atoms with Gasteiger partial charge >= 0.3 is 0 Å². The van der Waals surface area contributed by atoms with Crippen molar-refractivity contribution in [3.05, 3.63) is 54.1 Å². The summed E-state index contributed by atoms with van der Waals surface area (Å²) >= 11 is 0. The Balaban J connectivity index is 0.908. The minimum Gasteiger partial charge on any atom is -0.384 e. The quantitative estimate of drug-likeness (QED) is 0.0711. The van der Waals surface area contributed by atoms with Crippen molar-refractivity contribution in [3.63, 3.8) is 0 Å². The first-order valence-corrected chi connectivity index (χ1v) is 26.3. The van der Waals surface area contributed by atoms with Gasteiger partial charge in [-0.1, -0.05) is 61.5 Å². The predicted molar refractivity (Wildman–Crippen MR) is 277 cm³/mol. The highest BCUT2D eigenvalue weighted by Gasteiger charge is 2.29. The molecule has 20 heteroatoms. The molecule has 0 spiro atoms. The van der Waals surface area contributed by atoms with Gasteiger partial charge in [0.15, 0.2) is 0 Å². The number of hydrogen-bond acceptors (Lipinski definition) is 17. The fourth-order valence-electron chi connectivity index (χ4n) is 7.69. The summed E-state index contributed by atoms with van der Waals surface area (Å²) in [5.74, 6) is 0.526. The molecule has 20 nitrogen and oxygen atoms in total. The second-order valence-electron chi connectivity index (χ2n) is 17.8. The number of amides is 2. The van der Waals surface area contributed by atoms with E-state index in [2.05, 4.69) is 15.6 Å². The van der Waals surface area contributed by atoms with E-state index in [1.807, 2.05) is 67.1 Å². The molecule has 0 saturated heterocycles. The van der Waals surface area contributed by atoms with E-state index in [4.69, 9.17) is 52.1 Å². The molecule has 2 heterocycles. The third-order valence-electron chi connectivity index (χ3n) is 11.4. The Bertz CT molecular complexity index is 2000. The summed E-state index contributed by atoms with van der Waals surface area (Å²) in [6, 6.07) is 15.7. The van der Waals surface area contributed by atoms with Gasteiger partial charge in [0.1, 0.15) is 17.3 Å². The van der Waals surface area contributed by atoms with Crippen molar-refractivity contribution in [1.82, 2.24) is 20.3 Å². The first-order valence-electron chi connectivity index (χ1n) is 26.3. The van der Waals surface area contributed by atoms with Crippen molar-refractivity contribution in [2.45, 2.75) is 78.3 Å². The van der Waals surface area contributed by atoms with Crippen LogP contribution in [0, 0.1) is 5.92 Å². The van der Waals surface area contributed by atoms with E-state index < -0.39 is 0 Å². The van der Waals surface area contributed by atoms with Crippen LogP contribution >= 0.6 is 0 Å². The lowest BCUT2D eigenvalue weighted by Gasteiger charge is -2.29. The Labute approximate surface area is 437 Å². The Kier molecular flexibility index (Phi) is 33.3. The number of aromatic nitrogens is 3. The number of methoxy groups -OCH3 is 1. The number of ether oxygens (including phenoxy) is 11. The Morgan fingerprint density at radius 2 is 1.01 bits per heavy atom. The second-order valence-corrected chi connectivity index (χ2v) is 17.8. The number of Topliss-reactive ketones (excluding diaryl/α,β-unsaturated/α-hetero) is 2. The lowest BCUT2D eigenvalue weighted by molar-refractivity contribution is -0.123. The van der Waals surface area contributed by atoms with E-state index in [1.54, 1.807) is 12.0 Å². The van der Waals surface area contributed by atoms with E-state index in [0.29, 0.717) is 196 Å². The molecule has 1 aliphatic heterocycles. The fraction of sp³-hybridized carbons (Fsp3) is 0.667. The second kappa shape index (κ2) is 39.8. The summed E-state index contributed by atoms with van der Waals surface area (Å²) in [5, 5.41) is 12.0. The summed E-state index contributed by atoms with van der Waals surface area (Å²) in [5.41, 5.74) is 4.97.